The molecular weight excluding hydrogens is 170 g/mol. The maximum atomic E-state index is 2.34. The lowest BCUT2D eigenvalue weighted by molar-refractivity contribution is 0.622. The number of nitrogens with zero attached hydrogens (tertiary/aromatic N) is 1. The average molecular weight is 187 g/mol. The highest BCUT2D eigenvalue weighted by atomic mass is 15.0. The lowest BCUT2D eigenvalue weighted by Crippen LogP contribution is -1.97. The Morgan fingerprint density at radius 3 is 2.50 bits per heavy atom. The van der Waals surface area contributed by atoms with Gasteiger partial charge in [-0.25, -0.2) is 0 Å². The first kappa shape index (κ1) is 9.32. The SMILES string of the molecule is Cc1ccc2c(C)cn(C(C)C)c2c1. The number of rotatable bonds is 1. The van der Waals surface area contributed by atoms with E-state index in [9.17, 15) is 0 Å². The van der Waals surface area contributed by atoms with Crippen LogP contribution in [0.15, 0.2) is 24.4 Å². The van der Waals surface area contributed by atoms with Crippen LogP contribution in [-0.4, -0.2) is 4.57 Å². The molecule has 74 valence electrons. The molecule has 0 aliphatic rings. The van der Waals surface area contributed by atoms with Crippen molar-refractivity contribution < 1.29 is 0 Å². The molecule has 0 saturated heterocycles. The molecule has 0 aliphatic heterocycles. The van der Waals surface area contributed by atoms with Crippen LogP contribution in [0.2, 0.25) is 0 Å². The molecule has 1 aromatic carbocycles. The summed E-state index contributed by atoms with van der Waals surface area (Å²) in [7, 11) is 0. The fraction of sp³-hybridized carbons (Fsp3) is 0.385. The molecule has 1 aromatic heterocycles. The molecule has 2 rings (SSSR count). The molecule has 0 unspecified atom stereocenters. The smallest absolute Gasteiger partial charge is 0.0488 e. The molecule has 0 atom stereocenters. The van der Waals surface area contributed by atoms with Gasteiger partial charge in [0.1, 0.15) is 0 Å². The van der Waals surface area contributed by atoms with Crippen molar-refractivity contribution in [1.29, 1.82) is 0 Å². The fourth-order valence-electron chi connectivity index (χ4n) is 1.96. The van der Waals surface area contributed by atoms with Crippen molar-refractivity contribution >= 4 is 10.9 Å². The van der Waals surface area contributed by atoms with Gasteiger partial charge in [-0.05, 0) is 44.9 Å². The molecule has 2 aromatic rings. The summed E-state index contributed by atoms with van der Waals surface area (Å²) in [6.07, 6.45) is 2.24. The highest BCUT2D eigenvalue weighted by Gasteiger charge is 2.07. The average Bonchev–Trinajstić information content (AvgIpc) is 2.43. The van der Waals surface area contributed by atoms with Gasteiger partial charge in [0.15, 0.2) is 0 Å². The van der Waals surface area contributed by atoms with E-state index in [1.54, 1.807) is 0 Å². The van der Waals surface area contributed by atoms with E-state index in [0.29, 0.717) is 6.04 Å². The molecular formula is C13H17N. The Morgan fingerprint density at radius 1 is 1.14 bits per heavy atom. The highest BCUT2D eigenvalue weighted by Crippen LogP contribution is 2.24. The van der Waals surface area contributed by atoms with Crippen LogP contribution >= 0.6 is 0 Å². The second kappa shape index (κ2) is 3.16. The Hall–Kier alpha value is -1.24. The van der Waals surface area contributed by atoms with Crippen molar-refractivity contribution in [1.82, 2.24) is 4.57 Å². The van der Waals surface area contributed by atoms with Crippen LogP contribution in [0.3, 0.4) is 0 Å². The number of fused-ring (bicyclic) bond motifs is 1. The Kier molecular flexibility index (Phi) is 2.10. The topological polar surface area (TPSA) is 4.93 Å². The van der Waals surface area contributed by atoms with Crippen molar-refractivity contribution in [3.05, 3.63) is 35.5 Å². The normalized spacial score (nSPS) is 11.5. The van der Waals surface area contributed by atoms with Crippen molar-refractivity contribution in [2.45, 2.75) is 33.7 Å². The molecule has 1 heteroatoms. The Bertz CT molecular complexity index is 463. The lowest BCUT2D eigenvalue weighted by atomic mass is 10.1. The molecule has 0 amide bonds. The van der Waals surface area contributed by atoms with Gasteiger partial charge in [0.25, 0.3) is 0 Å². The monoisotopic (exact) mass is 187 g/mol. The van der Waals surface area contributed by atoms with Crippen molar-refractivity contribution in [3.8, 4) is 0 Å². The number of hydrogen-bond donors (Lipinski definition) is 0. The Morgan fingerprint density at radius 2 is 1.86 bits per heavy atom. The highest BCUT2D eigenvalue weighted by molar-refractivity contribution is 5.84. The van der Waals surface area contributed by atoms with E-state index in [4.69, 9.17) is 0 Å². The summed E-state index contributed by atoms with van der Waals surface area (Å²) in [5.74, 6) is 0. The van der Waals surface area contributed by atoms with E-state index in [2.05, 4.69) is 56.7 Å². The molecule has 0 bridgehead atoms. The molecule has 0 radical (unpaired) electrons. The maximum absolute atomic E-state index is 2.34. The largest absolute Gasteiger partial charge is 0.345 e. The van der Waals surface area contributed by atoms with Crippen LogP contribution in [0.25, 0.3) is 10.9 Å². The van der Waals surface area contributed by atoms with Gasteiger partial charge in [-0.2, -0.15) is 0 Å². The second-order valence-electron chi connectivity index (χ2n) is 4.33. The lowest BCUT2D eigenvalue weighted by Gasteiger charge is -2.09. The van der Waals surface area contributed by atoms with Crippen molar-refractivity contribution in [2.75, 3.05) is 0 Å². The molecule has 1 heterocycles. The third kappa shape index (κ3) is 1.33. The summed E-state index contributed by atoms with van der Waals surface area (Å²) >= 11 is 0. The Balaban J connectivity index is 2.79. The number of aromatic nitrogens is 1. The third-order valence-corrected chi connectivity index (χ3v) is 2.75. The summed E-state index contributed by atoms with van der Waals surface area (Å²) in [5.41, 5.74) is 4.06. The van der Waals surface area contributed by atoms with Crippen molar-refractivity contribution in [2.24, 2.45) is 0 Å². The summed E-state index contributed by atoms with van der Waals surface area (Å²) < 4.78 is 2.34. The summed E-state index contributed by atoms with van der Waals surface area (Å²) in [5, 5.41) is 1.38. The standard InChI is InChI=1S/C13H17N/c1-9(2)14-8-11(4)12-6-5-10(3)7-13(12)14/h5-9H,1-4H3. The summed E-state index contributed by atoms with van der Waals surface area (Å²) in [6.45, 7) is 8.77. The Labute approximate surface area is 85.4 Å². The van der Waals surface area contributed by atoms with Crippen LogP contribution in [-0.2, 0) is 0 Å². The molecule has 0 saturated carbocycles. The minimum atomic E-state index is 0.535. The quantitative estimate of drug-likeness (QED) is 0.639. The molecule has 0 N–H and O–H groups in total. The van der Waals surface area contributed by atoms with Crippen molar-refractivity contribution in [3.63, 3.8) is 0 Å². The first-order valence-electron chi connectivity index (χ1n) is 5.17. The third-order valence-electron chi connectivity index (χ3n) is 2.75. The number of benzene rings is 1. The van der Waals surface area contributed by atoms with Gasteiger partial charge in [-0.1, -0.05) is 12.1 Å². The zero-order valence-electron chi connectivity index (χ0n) is 9.33. The predicted octanol–water partition coefficient (Wildman–Crippen LogP) is 3.84. The zero-order valence-corrected chi connectivity index (χ0v) is 9.33. The van der Waals surface area contributed by atoms with Crippen LogP contribution in [0.4, 0.5) is 0 Å². The zero-order chi connectivity index (χ0) is 10.3. The van der Waals surface area contributed by atoms with E-state index in [-0.39, 0.29) is 0 Å². The molecule has 14 heavy (non-hydrogen) atoms. The van der Waals surface area contributed by atoms with E-state index in [0.717, 1.165) is 0 Å². The van der Waals surface area contributed by atoms with Gasteiger partial charge in [-0.3, -0.25) is 0 Å². The molecule has 0 fully saturated rings. The molecule has 0 spiro atoms. The fourth-order valence-corrected chi connectivity index (χ4v) is 1.96. The second-order valence-corrected chi connectivity index (χ2v) is 4.33. The van der Waals surface area contributed by atoms with E-state index in [1.165, 1.54) is 22.0 Å². The van der Waals surface area contributed by atoms with Gasteiger partial charge >= 0.3 is 0 Å². The maximum Gasteiger partial charge on any atom is 0.0488 e. The number of hydrogen-bond acceptors (Lipinski definition) is 0. The minimum Gasteiger partial charge on any atom is -0.345 e. The van der Waals surface area contributed by atoms with Gasteiger partial charge in [0, 0.05) is 23.1 Å². The van der Waals surface area contributed by atoms with E-state index >= 15 is 0 Å². The molecule has 1 nitrogen and oxygen atoms in total. The van der Waals surface area contributed by atoms with Crippen LogP contribution in [0.1, 0.15) is 31.0 Å². The van der Waals surface area contributed by atoms with Crippen LogP contribution < -0.4 is 0 Å². The van der Waals surface area contributed by atoms with E-state index < -0.39 is 0 Å². The van der Waals surface area contributed by atoms with Gasteiger partial charge < -0.3 is 4.57 Å². The van der Waals surface area contributed by atoms with Crippen LogP contribution in [0, 0.1) is 13.8 Å². The number of aryl methyl sites for hydroxylation is 2. The predicted molar refractivity (Wildman–Crippen MR) is 61.8 cm³/mol. The minimum absolute atomic E-state index is 0.535. The van der Waals surface area contributed by atoms with Gasteiger partial charge in [-0.15, -0.1) is 0 Å². The first-order valence-corrected chi connectivity index (χ1v) is 5.17. The molecule has 0 aliphatic carbocycles. The van der Waals surface area contributed by atoms with Crippen LogP contribution in [0.5, 0.6) is 0 Å². The summed E-state index contributed by atoms with van der Waals surface area (Å²) in [4.78, 5) is 0. The van der Waals surface area contributed by atoms with E-state index in [1.807, 2.05) is 0 Å². The summed E-state index contributed by atoms with van der Waals surface area (Å²) in [6, 6.07) is 7.20. The van der Waals surface area contributed by atoms with Gasteiger partial charge in [0.2, 0.25) is 0 Å². The first-order chi connectivity index (χ1) is 6.59. The van der Waals surface area contributed by atoms with Gasteiger partial charge in [0.05, 0.1) is 0 Å².